The van der Waals surface area contributed by atoms with Crippen LogP contribution in [0.15, 0.2) is 34.3 Å². The van der Waals surface area contributed by atoms with Crippen LogP contribution in [-0.2, 0) is 9.47 Å². The summed E-state index contributed by atoms with van der Waals surface area (Å²) in [5, 5.41) is 0. The molecule has 0 radical (unpaired) electrons. The first kappa shape index (κ1) is 13.2. The van der Waals surface area contributed by atoms with Crippen LogP contribution in [0.1, 0.15) is 38.8 Å². The van der Waals surface area contributed by atoms with Crippen molar-refractivity contribution in [1.82, 2.24) is 0 Å². The molecule has 0 saturated carbocycles. The Morgan fingerprint density at radius 2 is 1.15 bits per heavy atom. The largest absolute Gasteiger partial charge is 0.472 e. The number of rotatable bonds is 2. The number of hydrogen-bond acceptors (Lipinski definition) is 4. The van der Waals surface area contributed by atoms with Crippen LogP contribution in [0.5, 0.6) is 0 Å². The van der Waals surface area contributed by atoms with Gasteiger partial charge in [0, 0.05) is 11.1 Å². The van der Waals surface area contributed by atoms with Crippen LogP contribution in [0.25, 0.3) is 0 Å². The zero-order valence-corrected chi connectivity index (χ0v) is 12.3. The molecule has 0 fully saturated rings. The summed E-state index contributed by atoms with van der Waals surface area (Å²) in [6.07, 6.45) is 0.227. The van der Waals surface area contributed by atoms with Crippen LogP contribution >= 0.6 is 0 Å². The predicted molar refractivity (Wildman–Crippen MR) is 79.5 cm³/mol. The van der Waals surface area contributed by atoms with E-state index in [1.807, 2.05) is 38.1 Å². The Kier molecular flexibility index (Phi) is 3.24. The van der Waals surface area contributed by atoms with Crippen molar-refractivity contribution in [2.75, 3.05) is 0 Å². The molecule has 0 amide bonds. The van der Waals surface area contributed by atoms with Crippen molar-refractivity contribution in [3.8, 4) is 0 Å². The lowest BCUT2D eigenvalue weighted by atomic mass is 10.1. The van der Waals surface area contributed by atoms with Crippen molar-refractivity contribution in [3.63, 3.8) is 0 Å². The van der Waals surface area contributed by atoms with Gasteiger partial charge in [0.25, 0.3) is 0 Å². The maximum Gasteiger partial charge on any atom is 0.217 e. The maximum absolute atomic E-state index is 5.85. The summed E-state index contributed by atoms with van der Waals surface area (Å²) in [4.78, 5) is 9.19. The first-order chi connectivity index (χ1) is 9.56. The topological polar surface area (TPSA) is 43.2 Å². The molecule has 2 heterocycles. The van der Waals surface area contributed by atoms with E-state index >= 15 is 0 Å². The molecule has 0 bridgehead atoms. The highest BCUT2D eigenvalue weighted by Crippen LogP contribution is 2.24. The second-order valence-electron chi connectivity index (χ2n) is 5.54. The number of ether oxygens (including phenoxy) is 2. The predicted octanol–water partition coefficient (Wildman–Crippen LogP) is 2.79. The summed E-state index contributed by atoms with van der Waals surface area (Å²) in [7, 11) is 0. The van der Waals surface area contributed by atoms with Gasteiger partial charge in [-0.3, -0.25) is 0 Å². The van der Waals surface area contributed by atoms with Gasteiger partial charge in [-0.25, -0.2) is 9.98 Å². The van der Waals surface area contributed by atoms with Gasteiger partial charge < -0.3 is 9.47 Å². The molecule has 2 aliphatic heterocycles. The van der Waals surface area contributed by atoms with Crippen molar-refractivity contribution in [2.45, 2.75) is 52.0 Å². The third kappa shape index (κ3) is 2.19. The second-order valence-corrected chi connectivity index (χ2v) is 5.54. The van der Waals surface area contributed by atoms with E-state index in [1.165, 1.54) is 0 Å². The van der Waals surface area contributed by atoms with Crippen molar-refractivity contribution in [3.05, 3.63) is 35.4 Å². The molecule has 2 aliphatic rings. The van der Waals surface area contributed by atoms with Crippen molar-refractivity contribution in [1.29, 1.82) is 0 Å². The standard InChI is InChI=1S/C16H20N2O2/c1-9-11(3)19-15(17-9)13-7-5-6-8-14(13)16-18-10(2)12(4)20-16/h5-12H,1-4H3. The van der Waals surface area contributed by atoms with Gasteiger partial charge in [0.15, 0.2) is 0 Å². The number of hydrogen-bond donors (Lipinski definition) is 0. The summed E-state index contributed by atoms with van der Waals surface area (Å²) in [6.45, 7) is 8.21. The van der Waals surface area contributed by atoms with Gasteiger partial charge in [-0.2, -0.15) is 0 Å². The van der Waals surface area contributed by atoms with E-state index in [2.05, 4.69) is 23.8 Å². The highest BCUT2D eigenvalue weighted by atomic mass is 16.5. The fourth-order valence-electron chi connectivity index (χ4n) is 2.31. The van der Waals surface area contributed by atoms with Gasteiger partial charge in [0.05, 0.1) is 12.1 Å². The Labute approximate surface area is 119 Å². The molecule has 1 aromatic rings. The average molecular weight is 272 g/mol. The maximum atomic E-state index is 5.85. The van der Waals surface area contributed by atoms with E-state index < -0.39 is 0 Å². The third-order valence-corrected chi connectivity index (χ3v) is 3.98. The van der Waals surface area contributed by atoms with Crippen molar-refractivity contribution < 1.29 is 9.47 Å². The lowest BCUT2D eigenvalue weighted by Crippen LogP contribution is -2.17. The molecule has 0 aromatic heterocycles. The fraction of sp³-hybridized carbons (Fsp3) is 0.500. The van der Waals surface area contributed by atoms with Gasteiger partial charge >= 0.3 is 0 Å². The van der Waals surface area contributed by atoms with E-state index in [4.69, 9.17) is 9.47 Å². The molecule has 0 spiro atoms. The van der Waals surface area contributed by atoms with Crippen LogP contribution in [0, 0.1) is 0 Å². The van der Waals surface area contributed by atoms with E-state index in [0.717, 1.165) is 11.1 Å². The van der Waals surface area contributed by atoms with E-state index in [1.54, 1.807) is 0 Å². The van der Waals surface area contributed by atoms with Gasteiger partial charge in [-0.1, -0.05) is 12.1 Å². The normalized spacial score (nSPS) is 32.4. The van der Waals surface area contributed by atoms with Gasteiger partial charge in [-0.15, -0.1) is 0 Å². The summed E-state index contributed by atoms with van der Waals surface area (Å²) in [5.74, 6) is 1.39. The highest BCUT2D eigenvalue weighted by Gasteiger charge is 2.30. The SMILES string of the molecule is CC1N=C(c2ccccc2C2=NC(C)C(C)O2)OC1C. The molecule has 4 atom stereocenters. The molecule has 0 saturated heterocycles. The lowest BCUT2D eigenvalue weighted by Gasteiger charge is -2.12. The van der Waals surface area contributed by atoms with Crippen LogP contribution in [-0.4, -0.2) is 36.1 Å². The summed E-state index contributed by atoms with van der Waals surface area (Å²) < 4.78 is 11.7. The minimum Gasteiger partial charge on any atom is -0.472 e. The molecule has 4 nitrogen and oxygen atoms in total. The smallest absolute Gasteiger partial charge is 0.217 e. The van der Waals surface area contributed by atoms with Crippen molar-refractivity contribution in [2.24, 2.45) is 9.98 Å². The summed E-state index contributed by atoms with van der Waals surface area (Å²) in [6, 6.07) is 8.36. The van der Waals surface area contributed by atoms with E-state index in [-0.39, 0.29) is 24.3 Å². The second kappa shape index (κ2) is 4.93. The average Bonchev–Trinajstić information content (AvgIpc) is 2.94. The number of aliphatic imine (C=N–C) groups is 2. The first-order valence-electron chi connectivity index (χ1n) is 7.15. The van der Waals surface area contributed by atoms with Gasteiger partial charge in [-0.05, 0) is 39.8 Å². The number of nitrogens with zero attached hydrogens (tertiary/aromatic N) is 2. The Hall–Kier alpha value is -1.84. The lowest BCUT2D eigenvalue weighted by molar-refractivity contribution is 0.216. The molecule has 106 valence electrons. The van der Waals surface area contributed by atoms with Crippen LogP contribution in [0.3, 0.4) is 0 Å². The minimum atomic E-state index is 0.113. The number of benzene rings is 1. The van der Waals surface area contributed by atoms with Crippen LogP contribution < -0.4 is 0 Å². The van der Waals surface area contributed by atoms with Crippen LogP contribution in [0.4, 0.5) is 0 Å². The van der Waals surface area contributed by atoms with Gasteiger partial charge in [0.1, 0.15) is 12.2 Å². The van der Waals surface area contributed by atoms with Crippen molar-refractivity contribution >= 4 is 11.8 Å². The van der Waals surface area contributed by atoms with E-state index in [0.29, 0.717) is 11.8 Å². The fourth-order valence-corrected chi connectivity index (χ4v) is 2.31. The molecular formula is C16H20N2O2. The van der Waals surface area contributed by atoms with E-state index in [9.17, 15) is 0 Å². The van der Waals surface area contributed by atoms with Gasteiger partial charge in [0.2, 0.25) is 11.8 Å². The summed E-state index contributed by atoms with van der Waals surface area (Å²) in [5.41, 5.74) is 1.92. The molecule has 4 heteroatoms. The molecular weight excluding hydrogens is 252 g/mol. The summed E-state index contributed by atoms with van der Waals surface area (Å²) >= 11 is 0. The molecule has 1 aromatic carbocycles. The molecule has 0 aliphatic carbocycles. The molecule has 3 rings (SSSR count). The molecule has 0 N–H and O–H groups in total. The highest BCUT2D eigenvalue weighted by molar-refractivity contribution is 6.08. The molecule has 4 unspecified atom stereocenters. The Bertz CT molecular complexity index is 529. The Balaban J connectivity index is 1.98. The molecule has 20 heavy (non-hydrogen) atoms. The Morgan fingerprint density at radius 1 is 0.750 bits per heavy atom. The zero-order valence-electron chi connectivity index (χ0n) is 12.3. The zero-order chi connectivity index (χ0) is 14.3. The first-order valence-corrected chi connectivity index (χ1v) is 7.15. The monoisotopic (exact) mass is 272 g/mol. The Morgan fingerprint density at radius 3 is 1.45 bits per heavy atom. The quantitative estimate of drug-likeness (QED) is 0.831. The van der Waals surface area contributed by atoms with Crippen LogP contribution in [0.2, 0.25) is 0 Å². The minimum absolute atomic E-state index is 0.113. The third-order valence-electron chi connectivity index (χ3n) is 3.98.